The van der Waals surface area contributed by atoms with Gasteiger partial charge in [0.15, 0.2) is 11.5 Å². The van der Waals surface area contributed by atoms with Gasteiger partial charge in [-0.2, -0.15) is 5.10 Å². The molecule has 1 N–H and O–H groups in total. The number of hydrogen-bond donors (Lipinski definition) is 1. The zero-order valence-electron chi connectivity index (χ0n) is 19.4. The van der Waals surface area contributed by atoms with E-state index in [-0.39, 0.29) is 5.91 Å². The van der Waals surface area contributed by atoms with Gasteiger partial charge in [-0.25, -0.2) is 5.43 Å². The number of carbonyl (C=O) groups excluding carboxylic acids is 1. The van der Waals surface area contributed by atoms with E-state index in [9.17, 15) is 4.79 Å². The lowest BCUT2D eigenvalue weighted by atomic mass is 10.1. The minimum atomic E-state index is -0.366. The lowest BCUT2D eigenvalue weighted by Crippen LogP contribution is -2.18. The molecule has 0 fully saturated rings. The molecule has 1 amide bonds. The first kappa shape index (κ1) is 22.9. The van der Waals surface area contributed by atoms with Gasteiger partial charge in [0, 0.05) is 5.56 Å². The quantitative estimate of drug-likeness (QED) is 0.282. The Labute approximate surface area is 198 Å². The number of carbonyl (C=O) groups is 1. The minimum absolute atomic E-state index is 0.357. The van der Waals surface area contributed by atoms with Gasteiger partial charge in [-0.1, -0.05) is 54.6 Å². The fraction of sp³-hybridized carbons (Fsp3) is 0.143. The summed E-state index contributed by atoms with van der Waals surface area (Å²) in [6.45, 7) is 2.29. The average molecular weight is 455 g/mol. The molecule has 0 aliphatic heterocycles. The van der Waals surface area contributed by atoms with Crippen LogP contribution >= 0.6 is 0 Å². The standard InChI is InChI=1S/C28H26N2O4/c1-19-14-15-24(26(16-19)33-3)28(31)30-29-17-21-10-7-13-25(32-2)27(21)34-18-22-11-6-9-20-8-4-5-12-23(20)22/h4-17H,18H2,1-3H3,(H,30,31)/b29-17-. The molecule has 0 aliphatic carbocycles. The van der Waals surface area contributed by atoms with Gasteiger partial charge in [0.1, 0.15) is 12.4 Å². The largest absolute Gasteiger partial charge is 0.496 e. The molecule has 0 unspecified atom stereocenters. The van der Waals surface area contributed by atoms with Crippen molar-refractivity contribution in [3.05, 3.63) is 101 Å². The van der Waals surface area contributed by atoms with E-state index in [0.717, 1.165) is 21.9 Å². The monoisotopic (exact) mass is 454 g/mol. The number of nitrogens with one attached hydrogen (secondary N) is 1. The van der Waals surface area contributed by atoms with Gasteiger partial charge in [-0.15, -0.1) is 0 Å². The number of methoxy groups -OCH3 is 2. The predicted octanol–water partition coefficient (Wildman–Crippen LogP) is 5.51. The van der Waals surface area contributed by atoms with Crippen LogP contribution in [-0.4, -0.2) is 26.3 Å². The molecule has 0 saturated heterocycles. The van der Waals surface area contributed by atoms with Gasteiger partial charge in [-0.3, -0.25) is 4.79 Å². The predicted molar refractivity (Wildman–Crippen MR) is 134 cm³/mol. The fourth-order valence-electron chi connectivity index (χ4n) is 3.72. The van der Waals surface area contributed by atoms with Crippen LogP contribution in [0.25, 0.3) is 10.8 Å². The number of rotatable bonds is 8. The molecular formula is C28H26N2O4. The highest BCUT2D eigenvalue weighted by molar-refractivity contribution is 5.97. The molecule has 6 heteroatoms. The summed E-state index contributed by atoms with van der Waals surface area (Å²) in [5.41, 5.74) is 5.70. The number of ether oxygens (including phenoxy) is 3. The summed E-state index contributed by atoms with van der Waals surface area (Å²) >= 11 is 0. The molecule has 4 aromatic carbocycles. The molecule has 0 heterocycles. The molecule has 0 aromatic heterocycles. The molecular weight excluding hydrogens is 428 g/mol. The number of nitrogens with zero attached hydrogens (tertiary/aromatic N) is 1. The topological polar surface area (TPSA) is 69.2 Å². The lowest BCUT2D eigenvalue weighted by molar-refractivity contribution is 0.0952. The van der Waals surface area contributed by atoms with Gasteiger partial charge in [0.05, 0.1) is 26.0 Å². The lowest BCUT2D eigenvalue weighted by Gasteiger charge is -2.14. The molecule has 34 heavy (non-hydrogen) atoms. The maximum absolute atomic E-state index is 12.6. The molecule has 4 rings (SSSR count). The maximum atomic E-state index is 12.6. The van der Waals surface area contributed by atoms with Crippen LogP contribution in [0.3, 0.4) is 0 Å². The van der Waals surface area contributed by atoms with Crippen LogP contribution in [-0.2, 0) is 6.61 Å². The van der Waals surface area contributed by atoms with Crippen LogP contribution in [0.1, 0.15) is 27.0 Å². The van der Waals surface area contributed by atoms with Crippen LogP contribution in [0.4, 0.5) is 0 Å². The van der Waals surface area contributed by atoms with Crippen molar-refractivity contribution < 1.29 is 19.0 Å². The van der Waals surface area contributed by atoms with Crippen LogP contribution in [0.15, 0.2) is 84.0 Å². The van der Waals surface area contributed by atoms with Crippen LogP contribution < -0.4 is 19.6 Å². The summed E-state index contributed by atoms with van der Waals surface area (Å²) in [5.74, 6) is 1.25. The van der Waals surface area contributed by atoms with E-state index in [1.54, 1.807) is 25.5 Å². The van der Waals surface area contributed by atoms with Crippen molar-refractivity contribution in [3.63, 3.8) is 0 Å². The molecule has 172 valence electrons. The molecule has 4 aromatic rings. The molecule has 0 radical (unpaired) electrons. The summed E-state index contributed by atoms with van der Waals surface area (Å²) in [7, 11) is 3.12. The first-order chi connectivity index (χ1) is 16.6. The first-order valence-corrected chi connectivity index (χ1v) is 10.8. The summed E-state index contributed by atoms with van der Waals surface area (Å²) in [4.78, 5) is 12.6. The van der Waals surface area contributed by atoms with Gasteiger partial charge in [0.2, 0.25) is 0 Å². The Morgan fingerprint density at radius 2 is 1.68 bits per heavy atom. The van der Waals surface area contributed by atoms with E-state index in [4.69, 9.17) is 14.2 Å². The Bertz CT molecular complexity index is 1340. The highest BCUT2D eigenvalue weighted by Gasteiger charge is 2.13. The van der Waals surface area contributed by atoms with Gasteiger partial charge < -0.3 is 14.2 Å². The summed E-state index contributed by atoms with van der Waals surface area (Å²) in [5, 5.41) is 6.43. The summed E-state index contributed by atoms with van der Waals surface area (Å²) in [6.07, 6.45) is 1.54. The van der Waals surface area contributed by atoms with Gasteiger partial charge in [0.25, 0.3) is 5.91 Å². The molecule has 0 atom stereocenters. The van der Waals surface area contributed by atoms with E-state index >= 15 is 0 Å². The number of fused-ring (bicyclic) bond motifs is 1. The summed E-state index contributed by atoms with van der Waals surface area (Å²) < 4.78 is 17.0. The Hall–Kier alpha value is -4.32. The average Bonchev–Trinajstić information content (AvgIpc) is 2.87. The number of hydrazone groups is 1. The third-order valence-corrected chi connectivity index (χ3v) is 5.45. The van der Waals surface area contributed by atoms with Crippen molar-refractivity contribution in [1.82, 2.24) is 5.43 Å². The third kappa shape index (κ3) is 5.02. The second-order valence-electron chi connectivity index (χ2n) is 7.71. The van der Waals surface area contributed by atoms with Crippen LogP contribution in [0, 0.1) is 6.92 Å². The van der Waals surface area contributed by atoms with E-state index in [1.165, 1.54) is 7.11 Å². The van der Waals surface area contributed by atoms with E-state index in [2.05, 4.69) is 28.7 Å². The van der Waals surface area contributed by atoms with Crippen molar-refractivity contribution in [2.75, 3.05) is 14.2 Å². The summed E-state index contributed by atoms with van der Waals surface area (Å²) in [6, 6.07) is 25.2. The normalized spacial score (nSPS) is 10.9. The third-order valence-electron chi connectivity index (χ3n) is 5.45. The smallest absolute Gasteiger partial charge is 0.275 e. The second-order valence-corrected chi connectivity index (χ2v) is 7.71. The number of hydrogen-bond acceptors (Lipinski definition) is 5. The van der Waals surface area contributed by atoms with E-state index in [0.29, 0.717) is 35.0 Å². The zero-order chi connectivity index (χ0) is 23.9. The molecule has 0 aliphatic rings. The Morgan fingerprint density at radius 3 is 2.50 bits per heavy atom. The molecule has 6 nitrogen and oxygen atoms in total. The van der Waals surface area contributed by atoms with Crippen molar-refractivity contribution in [2.24, 2.45) is 5.10 Å². The Balaban J connectivity index is 1.54. The van der Waals surface area contributed by atoms with Crippen LogP contribution in [0.2, 0.25) is 0 Å². The maximum Gasteiger partial charge on any atom is 0.275 e. The highest BCUT2D eigenvalue weighted by Crippen LogP contribution is 2.31. The van der Waals surface area contributed by atoms with Crippen molar-refractivity contribution in [2.45, 2.75) is 13.5 Å². The number of aryl methyl sites for hydroxylation is 1. The second kappa shape index (κ2) is 10.5. The first-order valence-electron chi connectivity index (χ1n) is 10.8. The van der Waals surface area contributed by atoms with E-state index in [1.807, 2.05) is 55.5 Å². The molecule has 0 saturated carbocycles. The van der Waals surface area contributed by atoms with Gasteiger partial charge >= 0.3 is 0 Å². The minimum Gasteiger partial charge on any atom is -0.496 e. The number of benzene rings is 4. The number of amides is 1. The van der Waals surface area contributed by atoms with Crippen LogP contribution in [0.5, 0.6) is 17.2 Å². The van der Waals surface area contributed by atoms with Gasteiger partial charge in [-0.05, 0) is 53.1 Å². The van der Waals surface area contributed by atoms with Crippen molar-refractivity contribution in [1.29, 1.82) is 0 Å². The highest BCUT2D eigenvalue weighted by atomic mass is 16.5. The SMILES string of the molecule is COc1cc(C)ccc1C(=O)N/N=C\c1cccc(OC)c1OCc1cccc2ccccc12. The number of para-hydroxylation sites is 1. The Kier molecular flexibility index (Phi) is 7.08. The van der Waals surface area contributed by atoms with Crippen molar-refractivity contribution >= 4 is 22.9 Å². The fourth-order valence-corrected chi connectivity index (χ4v) is 3.72. The van der Waals surface area contributed by atoms with E-state index < -0.39 is 0 Å². The molecule has 0 bridgehead atoms. The molecule has 0 spiro atoms. The Morgan fingerprint density at radius 1 is 0.912 bits per heavy atom. The zero-order valence-corrected chi connectivity index (χ0v) is 19.4. The van der Waals surface area contributed by atoms with Crippen molar-refractivity contribution in [3.8, 4) is 17.2 Å².